The lowest BCUT2D eigenvalue weighted by atomic mass is 10.1. The van der Waals surface area contributed by atoms with Crippen molar-refractivity contribution in [2.24, 2.45) is 0 Å². The van der Waals surface area contributed by atoms with Gasteiger partial charge in [-0.05, 0) is 50.0 Å². The molecule has 35 heavy (non-hydrogen) atoms. The van der Waals surface area contributed by atoms with Crippen LogP contribution in [-0.2, 0) is 29.6 Å². The summed E-state index contributed by atoms with van der Waals surface area (Å²) in [6.07, 6.45) is 12.2. The molecule has 9 heteroatoms. The second-order valence-electron chi connectivity index (χ2n) is 8.93. The molecule has 2 N–H and O–H groups in total. The monoisotopic (exact) mass is 545 g/mol. The van der Waals surface area contributed by atoms with Gasteiger partial charge in [-0.25, -0.2) is 4.21 Å². The summed E-state index contributed by atoms with van der Waals surface area (Å²) in [5, 5.41) is 8.81. The van der Waals surface area contributed by atoms with Crippen molar-refractivity contribution in [1.82, 2.24) is 0 Å². The molecule has 0 aliphatic rings. The zero-order chi connectivity index (χ0) is 25.9. The summed E-state index contributed by atoms with van der Waals surface area (Å²) in [6.45, 7) is 2.85. The Morgan fingerprint density at radius 1 is 0.914 bits per heavy atom. The summed E-state index contributed by atoms with van der Waals surface area (Å²) < 4.78 is 20.2. The zero-order valence-electron chi connectivity index (χ0n) is 21.1. The molecule has 1 aromatic carbocycles. The number of unbranched alkanes of at least 4 members (excludes halogenated alkanes) is 9. The zero-order valence-corrected chi connectivity index (χ0v) is 23.6. The van der Waals surface area contributed by atoms with Crippen molar-refractivity contribution in [3.63, 3.8) is 0 Å². The van der Waals surface area contributed by atoms with E-state index in [1.807, 2.05) is 23.1 Å². The summed E-state index contributed by atoms with van der Waals surface area (Å²) in [5.41, 5.74) is 0.972. The van der Waals surface area contributed by atoms with E-state index in [1.165, 1.54) is 0 Å². The molecule has 0 aliphatic carbocycles. The Bertz CT molecular complexity index is 845. The number of carboxylic acid groups (broad SMARTS) is 1. The van der Waals surface area contributed by atoms with Gasteiger partial charge in [-0.2, -0.15) is 0 Å². The SMILES string of the molecule is CCCCN(C(=O)CCCCCCCCCCS(=O)(O)=S)c1ccccc1SCCCCC(=O)O. The fourth-order valence-electron chi connectivity index (χ4n) is 3.81. The number of carboxylic acids is 1. The van der Waals surface area contributed by atoms with E-state index in [1.54, 1.807) is 11.8 Å². The van der Waals surface area contributed by atoms with E-state index in [9.17, 15) is 13.8 Å². The van der Waals surface area contributed by atoms with E-state index in [4.69, 9.17) is 9.66 Å². The maximum absolute atomic E-state index is 13.1. The molecule has 200 valence electrons. The van der Waals surface area contributed by atoms with E-state index >= 15 is 0 Å². The van der Waals surface area contributed by atoms with Crippen LogP contribution in [0.2, 0.25) is 0 Å². The summed E-state index contributed by atoms with van der Waals surface area (Å²) in [6, 6.07) is 8.04. The van der Waals surface area contributed by atoms with Gasteiger partial charge in [-0.3, -0.25) is 9.59 Å². The summed E-state index contributed by atoms with van der Waals surface area (Å²) in [4.78, 5) is 26.9. The summed E-state index contributed by atoms with van der Waals surface area (Å²) in [7, 11) is -3.01. The number of thioether (sulfide) groups is 1. The van der Waals surface area contributed by atoms with Crippen LogP contribution in [0.5, 0.6) is 0 Å². The first-order valence-electron chi connectivity index (χ1n) is 12.9. The van der Waals surface area contributed by atoms with Crippen molar-refractivity contribution < 1.29 is 23.5 Å². The van der Waals surface area contributed by atoms with Crippen LogP contribution in [0.4, 0.5) is 5.69 Å². The van der Waals surface area contributed by atoms with Crippen LogP contribution in [0.1, 0.15) is 96.8 Å². The van der Waals surface area contributed by atoms with Crippen molar-refractivity contribution in [2.45, 2.75) is 102 Å². The van der Waals surface area contributed by atoms with Crippen LogP contribution in [0.25, 0.3) is 0 Å². The van der Waals surface area contributed by atoms with Crippen molar-refractivity contribution >= 4 is 49.3 Å². The lowest BCUT2D eigenvalue weighted by molar-refractivity contribution is -0.137. The molecule has 0 radical (unpaired) electrons. The number of rotatable bonds is 21. The molecule has 0 fully saturated rings. The average molecular weight is 546 g/mol. The molecule has 0 aromatic heterocycles. The molecule has 0 saturated carbocycles. The third-order valence-electron chi connectivity index (χ3n) is 5.78. The molecule has 1 amide bonds. The minimum Gasteiger partial charge on any atom is -0.481 e. The molecule has 1 unspecified atom stereocenters. The van der Waals surface area contributed by atoms with Crippen LogP contribution >= 0.6 is 11.8 Å². The van der Waals surface area contributed by atoms with Crippen molar-refractivity contribution in [1.29, 1.82) is 0 Å². The van der Waals surface area contributed by atoms with E-state index in [0.29, 0.717) is 19.3 Å². The highest BCUT2D eigenvalue weighted by atomic mass is 32.8. The Morgan fingerprint density at radius 2 is 1.51 bits per heavy atom. The van der Waals surface area contributed by atoms with Gasteiger partial charge in [0.1, 0.15) is 8.77 Å². The van der Waals surface area contributed by atoms with Gasteiger partial charge in [0.15, 0.2) is 0 Å². The van der Waals surface area contributed by atoms with Crippen molar-refractivity contribution in [2.75, 3.05) is 23.0 Å². The highest BCUT2D eigenvalue weighted by Gasteiger charge is 2.18. The fraction of sp³-hybridized carbons (Fsp3) is 0.692. The first-order valence-corrected chi connectivity index (χ1v) is 16.5. The number of aliphatic carboxylic acids is 1. The molecular weight excluding hydrogens is 502 g/mol. The number of hydrogen-bond acceptors (Lipinski definition) is 5. The quantitative estimate of drug-likeness (QED) is 0.128. The largest absolute Gasteiger partial charge is 0.481 e. The molecule has 0 aliphatic heterocycles. The Morgan fingerprint density at radius 3 is 2.14 bits per heavy atom. The van der Waals surface area contributed by atoms with Crippen LogP contribution in [0.15, 0.2) is 29.2 Å². The number of carbonyl (C=O) groups is 2. The first kappa shape index (κ1) is 31.9. The Hall–Kier alpha value is -1.16. The van der Waals surface area contributed by atoms with E-state index in [2.05, 4.69) is 24.2 Å². The lowest BCUT2D eigenvalue weighted by Crippen LogP contribution is -2.32. The number of benzene rings is 1. The number of anilines is 1. The number of carbonyl (C=O) groups excluding carboxylic acids is 1. The van der Waals surface area contributed by atoms with Gasteiger partial charge in [0.25, 0.3) is 0 Å². The second-order valence-corrected chi connectivity index (χ2v) is 13.2. The van der Waals surface area contributed by atoms with E-state index in [-0.39, 0.29) is 18.1 Å². The Kier molecular flexibility index (Phi) is 17.3. The highest BCUT2D eigenvalue weighted by Crippen LogP contribution is 2.32. The summed E-state index contributed by atoms with van der Waals surface area (Å²) in [5.74, 6) is 0.473. The predicted octanol–water partition coefficient (Wildman–Crippen LogP) is 6.90. The standard InChI is InChI=1S/C26H43NO5S3/c1-2-3-20-27(23-16-11-12-17-24(23)34-21-14-13-19-26(29)30)25(28)18-10-8-6-4-5-7-9-15-22-35(31,32)33/h11-12,16-17H,2-10,13-15,18-22H2,1H3,(H,29,30)(H,31,32,33). The molecule has 1 rings (SSSR count). The first-order chi connectivity index (χ1) is 16.7. The Labute approximate surface area is 221 Å². The normalized spacial score (nSPS) is 12.9. The van der Waals surface area contributed by atoms with E-state index < -0.39 is 14.7 Å². The van der Waals surface area contributed by atoms with Crippen molar-refractivity contribution in [3.8, 4) is 0 Å². The molecule has 0 heterocycles. The minimum atomic E-state index is -3.01. The minimum absolute atomic E-state index is 0.175. The van der Waals surface area contributed by atoms with E-state index in [0.717, 1.165) is 87.1 Å². The van der Waals surface area contributed by atoms with Gasteiger partial charge in [-0.15, -0.1) is 11.8 Å². The van der Waals surface area contributed by atoms with Crippen LogP contribution in [-0.4, -0.2) is 43.8 Å². The van der Waals surface area contributed by atoms with Crippen LogP contribution < -0.4 is 4.90 Å². The summed E-state index contributed by atoms with van der Waals surface area (Å²) >= 11 is 6.20. The maximum Gasteiger partial charge on any atom is 0.303 e. The molecule has 0 saturated heterocycles. The molecule has 1 atom stereocenters. The topological polar surface area (TPSA) is 94.9 Å². The average Bonchev–Trinajstić information content (AvgIpc) is 2.80. The van der Waals surface area contributed by atoms with Gasteiger partial charge in [0.05, 0.1) is 5.69 Å². The van der Waals surface area contributed by atoms with Gasteiger partial charge in [0.2, 0.25) is 5.91 Å². The molecule has 0 spiro atoms. The van der Waals surface area contributed by atoms with Gasteiger partial charge in [-0.1, -0.05) is 64.0 Å². The smallest absolute Gasteiger partial charge is 0.303 e. The molecule has 0 bridgehead atoms. The van der Waals surface area contributed by atoms with Gasteiger partial charge >= 0.3 is 5.97 Å². The predicted molar refractivity (Wildman–Crippen MR) is 150 cm³/mol. The Balaban J connectivity index is 2.44. The highest BCUT2D eigenvalue weighted by molar-refractivity contribution is 8.29. The number of nitrogens with zero attached hydrogens (tertiary/aromatic N) is 1. The number of amides is 1. The lowest BCUT2D eigenvalue weighted by Gasteiger charge is -2.25. The third kappa shape index (κ3) is 16.3. The van der Waals surface area contributed by atoms with Gasteiger partial charge in [0, 0.05) is 41.2 Å². The number of para-hydroxylation sites is 1. The third-order valence-corrected chi connectivity index (χ3v) is 8.23. The molecule has 6 nitrogen and oxygen atoms in total. The maximum atomic E-state index is 13.1. The van der Waals surface area contributed by atoms with Crippen LogP contribution in [0, 0.1) is 0 Å². The molecule has 1 aromatic rings. The molecular formula is C26H43NO5S3. The fourth-order valence-corrected chi connectivity index (χ4v) is 5.81. The number of hydrogen-bond donors (Lipinski definition) is 2. The van der Waals surface area contributed by atoms with Gasteiger partial charge < -0.3 is 14.6 Å². The van der Waals surface area contributed by atoms with Crippen molar-refractivity contribution in [3.05, 3.63) is 24.3 Å². The second kappa shape index (κ2) is 19.0. The van der Waals surface area contributed by atoms with Crippen LogP contribution in [0.3, 0.4) is 0 Å².